The highest BCUT2D eigenvalue weighted by Crippen LogP contribution is 2.37. The van der Waals surface area contributed by atoms with Gasteiger partial charge in [-0.25, -0.2) is 9.59 Å². The number of allylic oxidation sites excluding steroid dienone is 1. The van der Waals surface area contributed by atoms with Crippen LogP contribution in [0.25, 0.3) is 10.8 Å². The lowest BCUT2D eigenvalue weighted by molar-refractivity contribution is 0.167. The van der Waals surface area contributed by atoms with Gasteiger partial charge in [-0.2, -0.15) is 0 Å². The lowest BCUT2D eigenvalue weighted by atomic mass is 9.77. The van der Waals surface area contributed by atoms with Gasteiger partial charge < -0.3 is 25.4 Å². The molecular formula is C36H45N5O4. The molecule has 3 N–H and O–H groups in total. The lowest BCUT2D eigenvalue weighted by Crippen LogP contribution is -2.41. The summed E-state index contributed by atoms with van der Waals surface area (Å²) >= 11 is 0. The van der Waals surface area contributed by atoms with Crippen molar-refractivity contribution in [1.29, 1.82) is 0 Å². The number of hydrogen-bond donors (Lipinski definition) is 3. The maximum atomic E-state index is 13.5. The molecule has 238 valence electrons. The number of likely N-dealkylation sites (tertiary alicyclic amines) is 1. The Morgan fingerprint density at radius 1 is 1.00 bits per heavy atom. The number of carbonyl (C=O) groups is 2. The second kappa shape index (κ2) is 14.2. The summed E-state index contributed by atoms with van der Waals surface area (Å²) in [6, 6.07) is 14.8. The van der Waals surface area contributed by atoms with Crippen LogP contribution in [0.15, 0.2) is 77.6 Å². The van der Waals surface area contributed by atoms with Crippen LogP contribution in [0.5, 0.6) is 11.5 Å². The Bertz CT molecular complexity index is 1600. The van der Waals surface area contributed by atoms with E-state index in [1.54, 1.807) is 6.20 Å². The number of aromatic nitrogens is 1. The number of nitrogens with one attached hydrogen (secondary N) is 3. The van der Waals surface area contributed by atoms with Crippen molar-refractivity contribution in [3.63, 3.8) is 0 Å². The van der Waals surface area contributed by atoms with Crippen molar-refractivity contribution in [2.45, 2.75) is 72.4 Å². The van der Waals surface area contributed by atoms with Gasteiger partial charge in [0.15, 0.2) is 0 Å². The van der Waals surface area contributed by atoms with E-state index in [1.807, 2.05) is 61.5 Å². The van der Waals surface area contributed by atoms with Gasteiger partial charge in [-0.1, -0.05) is 64.0 Å². The van der Waals surface area contributed by atoms with Crippen LogP contribution < -0.4 is 20.7 Å². The highest BCUT2D eigenvalue weighted by Gasteiger charge is 2.30. The van der Waals surface area contributed by atoms with E-state index >= 15 is 0 Å². The third kappa shape index (κ3) is 8.02. The number of fused-ring (bicyclic) bond motifs is 1. The van der Waals surface area contributed by atoms with E-state index in [-0.39, 0.29) is 17.5 Å². The van der Waals surface area contributed by atoms with Gasteiger partial charge in [0.05, 0.1) is 24.5 Å². The molecule has 2 heterocycles. The smallest absolute Gasteiger partial charge is 0.407 e. The van der Waals surface area contributed by atoms with Crippen LogP contribution in [-0.4, -0.2) is 48.2 Å². The Kier molecular flexibility index (Phi) is 10.1. The van der Waals surface area contributed by atoms with E-state index < -0.39 is 6.09 Å². The second-order valence-electron chi connectivity index (χ2n) is 12.8. The molecular weight excluding hydrogens is 566 g/mol. The molecule has 1 aromatic heterocycles. The fourth-order valence-electron chi connectivity index (χ4n) is 6.10. The summed E-state index contributed by atoms with van der Waals surface area (Å²) in [6.07, 6.45) is 8.42. The Hall–Kier alpha value is -4.37. The minimum atomic E-state index is -0.497. The van der Waals surface area contributed by atoms with Gasteiger partial charge in [-0.05, 0) is 74.0 Å². The number of nitrogens with zero attached hydrogens (tertiary/aromatic N) is 2. The van der Waals surface area contributed by atoms with Crippen LogP contribution >= 0.6 is 0 Å². The van der Waals surface area contributed by atoms with Gasteiger partial charge in [0, 0.05) is 35.3 Å². The van der Waals surface area contributed by atoms with Gasteiger partial charge in [-0.15, -0.1) is 0 Å². The summed E-state index contributed by atoms with van der Waals surface area (Å²) < 4.78 is 11.3. The first-order chi connectivity index (χ1) is 21.6. The normalized spacial score (nSPS) is 17.4. The Morgan fingerprint density at radius 3 is 2.47 bits per heavy atom. The number of ether oxygens (including phenoxy) is 2. The molecule has 2 aliphatic rings. The summed E-state index contributed by atoms with van der Waals surface area (Å²) in [5.41, 5.74) is 4.26. The Morgan fingerprint density at radius 2 is 1.76 bits per heavy atom. The number of anilines is 1. The first-order valence-corrected chi connectivity index (χ1v) is 15.9. The van der Waals surface area contributed by atoms with E-state index in [2.05, 4.69) is 46.6 Å². The quantitative estimate of drug-likeness (QED) is 0.239. The number of methoxy groups -OCH3 is 1. The third-order valence-electron chi connectivity index (χ3n) is 8.56. The van der Waals surface area contributed by atoms with Crippen molar-refractivity contribution in [3.05, 3.63) is 83.3 Å². The number of piperidine rings is 1. The van der Waals surface area contributed by atoms with Gasteiger partial charge in [-0.3, -0.25) is 9.88 Å². The maximum absolute atomic E-state index is 13.5. The van der Waals surface area contributed by atoms with E-state index in [4.69, 9.17) is 9.47 Å². The van der Waals surface area contributed by atoms with Crippen molar-refractivity contribution in [1.82, 2.24) is 20.5 Å². The first-order valence-electron chi connectivity index (χ1n) is 15.9. The minimum Gasteiger partial charge on any atom is -0.457 e. The standard InChI is InChI=1S/C36H45N5O4/c1-6-27-31(20-24(36(2,3)4)21-32(27)40-35(43)44-5)39-34(42)38-30-14-15-33(29-13-9-8-12-28(29)30)45-26-16-17-37-25(22-26)23-41-18-10-7-11-19-41/h8-9,12-17,20,22,32H,6-7,10-11,18-19,21,23H2,1-5H3,(H,40,43)(H2,38,39,42). The zero-order chi connectivity index (χ0) is 32.0. The predicted molar refractivity (Wildman–Crippen MR) is 178 cm³/mol. The number of urea groups is 1. The highest BCUT2D eigenvalue weighted by atomic mass is 16.5. The van der Waals surface area contributed by atoms with Gasteiger partial charge in [0.2, 0.25) is 0 Å². The predicted octanol–water partition coefficient (Wildman–Crippen LogP) is 7.90. The molecule has 0 radical (unpaired) electrons. The molecule has 1 aliphatic heterocycles. The Labute approximate surface area is 266 Å². The molecule has 1 fully saturated rings. The van der Waals surface area contributed by atoms with E-state index in [0.29, 0.717) is 30.0 Å². The molecule has 1 atom stereocenters. The summed E-state index contributed by atoms with van der Waals surface area (Å²) in [5, 5.41) is 10.8. The molecule has 45 heavy (non-hydrogen) atoms. The van der Waals surface area contributed by atoms with Crippen LogP contribution in [0.2, 0.25) is 0 Å². The first kappa shape index (κ1) is 32.0. The largest absolute Gasteiger partial charge is 0.457 e. The summed E-state index contributed by atoms with van der Waals surface area (Å²) in [6.45, 7) is 11.4. The lowest BCUT2D eigenvalue weighted by Gasteiger charge is -2.34. The highest BCUT2D eigenvalue weighted by molar-refractivity contribution is 6.04. The van der Waals surface area contributed by atoms with Gasteiger partial charge in [0.1, 0.15) is 11.5 Å². The average molecular weight is 612 g/mol. The summed E-state index contributed by atoms with van der Waals surface area (Å²) in [7, 11) is 1.35. The number of benzene rings is 2. The number of hydrogen-bond acceptors (Lipinski definition) is 6. The van der Waals surface area contributed by atoms with Crippen LogP contribution in [0.3, 0.4) is 0 Å². The van der Waals surface area contributed by atoms with Gasteiger partial charge in [0.25, 0.3) is 0 Å². The summed E-state index contributed by atoms with van der Waals surface area (Å²) in [4.78, 5) is 32.6. The fraction of sp³-hybridized carbons (Fsp3) is 0.417. The van der Waals surface area contributed by atoms with E-state index in [1.165, 1.54) is 26.4 Å². The van der Waals surface area contributed by atoms with Crippen LogP contribution in [0.1, 0.15) is 65.5 Å². The van der Waals surface area contributed by atoms with Crippen molar-refractivity contribution in [2.24, 2.45) is 5.41 Å². The molecule has 5 rings (SSSR count). The Balaban J connectivity index is 1.35. The molecule has 1 unspecified atom stereocenters. The monoisotopic (exact) mass is 611 g/mol. The van der Waals surface area contributed by atoms with Crippen molar-refractivity contribution in [3.8, 4) is 11.5 Å². The van der Waals surface area contributed by atoms with Gasteiger partial charge >= 0.3 is 12.1 Å². The maximum Gasteiger partial charge on any atom is 0.407 e. The molecule has 1 saturated heterocycles. The number of carbonyl (C=O) groups excluding carboxylic acids is 2. The molecule has 9 heteroatoms. The topological polar surface area (TPSA) is 105 Å². The molecule has 3 amide bonds. The zero-order valence-electron chi connectivity index (χ0n) is 27.0. The molecule has 0 bridgehead atoms. The number of rotatable bonds is 8. The number of alkyl carbamates (subject to hydrolysis) is 1. The zero-order valence-corrected chi connectivity index (χ0v) is 27.0. The van der Waals surface area contributed by atoms with Crippen LogP contribution in [-0.2, 0) is 11.3 Å². The number of pyridine rings is 1. The van der Waals surface area contributed by atoms with E-state index in [9.17, 15) is 9.59 Å². The second-order valence-corrected chi connectivity index (χ2v) is 12.8. The molecule has 3 aromatic rings. The number of amides is 3. The molecule has 2 aromatic carbocycles. The van der Waals surface area contributed by atoms with E-state index in [0.717, 1.165) is 53.0 Å². The molecule has 9 nitrogen and oxygen atoms in total. The fourth-order valence-corrected chi connectivity index (χ4v) is 6.10. The van der Waals surface area contributed by atoms with Crippen molar-refractivity contribution >= 4 is 28.6 Å². The third-order valence-corrected chi connectivity index (χ3v) is 8.56. The molecule has 0 spiro atoms. The summed E-state index contributed by atoms with van der Waals surface area (Å²) in [5.74, 6) is 1.43. The van der Waals surface area contributed by atoms with Crippen molar-refractivity contribution in [2.75, 3.05) is 25.5 Å². The average Bonchev–Trinajstić information content (AvgIpc) is 3.02. The minimum absolute atomic E-state index is 0.145. The van der Waals surface area contributed by atoms with Crippen LogP contribution in [0, 0.1) is 5.41 Å². The molecule has 0 saturated carbocycles. The molecule has 1 aliphatic carbocycles. The SMILES string of the molecule is CCC1=C(NC(=O)Nc2ccc(Oc3ccnc(CN4CCCCC4)c3)c3ccccc23)C=C(C(C)(C)C)CC1NC(=O)OC. The van der Waals surface area contributed by atoms with Crippen LogP contribution in [0.4, 0.5) is 15.3 Å². The van der Waals surface area contributed by atoms with Crippen molar-refractivity contribution < 1.29 is 19.1 Å².